The van der Waals surface area contributed by atoms with Gasteiger partial charge in [0.1, 0.15) is 21.7 Å². The monoisotopic (exact) mass is 250 g/mol. The molecule has 16 heavy (non-hydrogen) atoms. The molecule has 0 atom stereocenters. The van der Waals surface area contributed by atoms with Crippen molar-refractivity contribution in [1.82, 2.24) is 4.98 Å². The molecular weight excluding hydrogens is 244 g/mol. The molecule has 2 rings (SSSR count). The van der Waals surface area contributed by atoms with E-state index in [4.69, 9.17) is 21.6 Å². The molecule has 0 fully saturated rings. The summed E-state index contributed by atoms with van der Waals surface area (Å²) in [6.07, 6.45) is 1.54. The SMILES string of the molecule is COc1ccc(Cl)cc1-c1ncc(C#N)s1. The first-order valence-electron chi connectivity index (χ1n) is 4.44. The average Bonchev–Trinajstić information content (AvgIpc) is 2.77. The summed E-state index contributed by atoms with van der Waals surface area (Å²) >= 11 is 7.23. The third-order valence-electron chi connectivity index (χ3n) is 2.01. The van der Waals surface area contributed by atoms with Gasteiger partial charge in [0.15, 0.2) is 0 Å². The van der Waals surface area contributed by atoms with E-state index < -0.39 is 0 Å². The molecule has 0 aliphatic rings. The number of halogens is 1. The molecular formula is C11H7ClN2OS. The Kier molecular flexibility index (Phi) is 3.09. The lowest BCUT2D eigenvalue weighted by atomic mass is 10.2. The molecule has 0 unspecified atom stereocenters. The highest BCUT2D eigenvalue weighted by Gasteiger charge is 2.10. The van der Waals surface area contributed by atoms with E-state index >= 15 is 0 Å². The van der Waals surface area contributed by atoms with Gasteiger partial charge in [-0.15, -0.1) is 11.3 Å². The lowest BCUT2D eigenvalue weighted by Crippen LogP contribution is -1.86. The second kappa shape index (κ2) is 4.52. The molecule has 0 bridgehead atoms. The fraction of sp³-hybridized carbons (Fsp3) is 0.0909. The number of aromatic nitrogens is 1. The van der Waals surface area contributed by atoms with Crippen molar-refractivity contribution < 1.29 is 4.74 Å². The lowest BCUT2D eigenvalue weighted by Gasteiger charge is -2.05. The van der Waals surface area contributed by atoms with Crippen LogP contribution in [-0.4, -0.2) is 12.1 Å². The molecule has 80 valence electrons. The summed E-state index contributed by atoms with van der Waals surface area (Å²) in [5, 5.41) is 10.1. The zero-order valence-corrected chi connectivity index (χ0v) is 9.97. The largest absolute Gasteiger partial charge is 0.496 e. The summed E-state index contributed by atoms with van der Waals surface area (Å²) in [6.45, 7) is 0. The normalized spacial score (nSPS) is 9.81. The highest BCUT2D eigenvalue weighted by atomic mass is 35.5. The smallest absolute Gasteiger partial charge is 0.129 e. The fourth-order valence-electron chi connectivity index (χ4n) is 1.30. The van der Waals surface area contributed by atoms with E-state index in [0.717, 1.165) is 10.6 Å². The molecule has 0 spiro atoms. The molecule has 0 radical (unpaired) electrons. The summed E-state index contributed by atoms with van der Waals surface area (Å²) in [4.78, 5) is 4.73. The van der Waals surface area contributed by atoms with Crippen LogP contribution < -0.4 is 4.74 Å². The maximum absolute atomic E-state index is 8.74. The van der Waals surface area contributed by atoms with Crippen LogP contribution in [0.1, 0.15) is 4.88 Å². The minimum Gasteiger partial charge on any atom is -0.496 e. The van der Waals surface area contributed by atoms with Gasteiger partial charge in [-0.3, -0.25) is 0 Å². The van der Waals surface area contributed by atoms with E-state index in [9.17, 15) is 0 Å². The van der Waals surface area contributed by atoms with Gasteiger partial charge in [0.2, 0.25) is 0 Å². The van der Waals surface area contributed by atoms with Gasteiger partial charge in [-0.2, -0.15) is 5.26 Å². The van der Waals surface area contributed by atoms with Crippen molar-refractivity contribution in [3.8, 4) is 22.4 Å². The zero-order chi connectivity index (χ0) is 11.5. The molecule has 0 saturated carbocycles. The van der Waals surface area contributed by atoms with Crippen LogP contribution >= 0.6 is 22.9 Å². The summed E-state index contributed by atoms with van der Waals surface area (Å²) in [5.74, 6) is 0.697. The van der Waals surface area contributed by atoms with Gasteiger partial charge in [0.05, 0.1) is 18.9 Å². The van der Waals surface area contributed by atoms with Crippen molar-refractivity contribution in [2.24, 2.45) is 0 Å². The number of benzene rings is 1. The molecule has 0 N–H and O–H groups in total. The zero-order valence-electron chi connectivity index (χ0n) is 8.40. The number of hydrogen-bond donors (Lipinski definition) is 0. The molecule has 5 heteroatoms. The second-order valence-corrected chi connectivity index (χ2v) is 4.45. The van der Waals surface area contributed by atoms with E-state index in [1.165, 1.54) is 11.3 Å². The van der Waals surface area contributed by atoms with Crippen molar-refractivity contribution in [2.45, 2.75) is 0 Å². The summed E-state index contributed by atoms with van der Waals surface area (Å²) in [5.41, 5.74) is 0.807. The van der Waals surface area contributed by atoms with Crippen molar-refractivity contribution in [2.75, 3.05) is 7.11 Å². The number of hydrogen-bond acceptors (Lipinski definition) is 4. The average molecular weight is 251 g/mol. The Morgan fingerprint density at radius 3 is 2.94 bits per heavy atom. The van der Waals surface area contributed by atoms with E-state index in [1.54, 1.807) is 31.5 Å². The van der Waals surface area contributed by atoms with Crippen LogP contribution in [0.4, 0.5) is 0 Å². The Labute approximate surface area is 102 Å². The Balaban J connectivity index is 2.54. The number of methoxy groups -OCH3 is 1. The number of rotatable bonds is 2. The number of nitriles is 1. The minimum atomic E-state index is 0.567. The molecule has 3 nitrogen and oxygen atoms in total. The highest BCUT2D eigenvalue weighted by molar-refractivity contribution is 7.15. The van der Waals surface area contributed by atoms with E-state index in [0.29, 0.717) is 15.6 Å². The number of ether oxygens (including phenoxy) is 1. The van der Waals surface area contributed by atoms with Gasteiger partial charge in [0.25, 0.3) is 0 Å². The topological polar surface area (TPSA) is 45.9 Å². The fourth-order valence-corrected chi connectivity index (χ4v) is 2.20. The molecule has 0 amide bonds. The molecule has 0 aliphatic heterocycles. The first-order valence-corrected chi connectivity index (χ1v) is 5.64. The van der Waals surface area contributed by atoms with Crippen LogP contribution in [0.2, 0.25) is 5.02 Å². The highest BCUT2D eigenvalue weighted by Crippen LogP contribution is 2.34. The van der Waals surface area contributed by atoms with Crippen molar-refractivity contribution in [1.29, 1.82) is 5.26 Å². The Morgan fingerprint density at radius 1 is 1.50 bits per heavy atom. The second-order valence-electron chi connectivity index (χ2n) is 2.99. The first kappa shape index (κ1) is 10.9. The van der Waals surface area contributed by atoms with Crippen LogP contribution in [0.3, 0.4) is 0 Å². The van der Waals surface area contributed by atoms with Gasteiger partial charge in [-0.25, -0.2) is 4.98 Å². The standard InChI is InChI=1S/C11H7ClN2OS/c1-15-10-3-2-7(12)4-9(10)11-14-6-8(5-13)16-11/h2-4,6H,1H3. The van der Waals surface area contributed by atoms with Gasteiger partial charge in [-0.1, -0.05) is 11.6 Å². The van der Waals surface area contributed by atoms with Gasteiger partial charge >= 0.3 is 0 Å². The van der Waals surface area contributed by atoms with Crippen LogP contribution in [0.5, 0.6) is 5.75 Å². The third-order valence-corrected chi connectivity index (χ3v) is 3.18. The van der Waals surface area contributed by atoms with Crippen molar-refractivity contribution in [3.63, 3.8) is 0 Å². The quantitative estimate of drug-likeness (QED) is 0.821. The number of thiazole rings is 1. The molecule has 1 aromatic heterocycles. The molecule has 2 aromatic rings. The van der Waals surface area contributed by atoms with Crippen molar-refractivity contribution >= 4 is 22.9 Å². The third kappa shape index (κ3) is 2.01. The molecule has 0 saturated heterocycles. The summed E-state index contributed by atoms with van der Waals surface area (Å²) in [7, 11) is 1.59. The Bertz CT molecular complexity index is 559. The molecule has 1 heterocycles. The Hall–Kier alpha value is -1.57. The number of nitrogens with zero attached hydrogens (tertiary/aromatic N) is 2. The lowest BCUT2D eigenvalue weighted by molar-refractivity contribution is 0.416. The van der Waals surface area contributed by atoms with Crippen LogP contribution in [0.25, 0.3) is 10.6 Å². The first-order chi connectivity index (χ1) is 7.74. The predicted molar refractivity (Wildman–Crippen MR) is 63.8 cm³/mol. The van der Waals surface area contributed by atoms with E-state index in [-0.39, 0.29) is 0 Å². The van der Waals surface area contributed by atoms with Crippen LogP contribution in [0.15, 0.2) is 24.4 Å². The minimum absolute atomic E-state index is 0.567. The van der Waals surface area contributed by atoms with E-state index in [2.05, 4.69) is 11.1 Å². The van der Waals surface area contributed by atoms with Gasteiger partial charge in [-0.05, 0) is 18.2 Å². The predicted octanol–water partition coefficient (Wildman–Crippen LogP) is 3.34. The van der Waals surface area contributed by atoms with Crippen LogP contribution in [0, 0.1) is 11.3 Å². The van der Waals surface area contributed by atoms with Gasteiger partial charge in [0, 0.05) is 5.02 Å². The molecule has 0 aliphatic carbocycles. The summed E-state index contributed by atoms with van der Waals surface area (Å²) in [6, 6.07) is 7.37. The Morgan fingerprint density at radius 2 is 2.31 bits per heavy atom. The summed E-state index contributed by atoms with van der Waals surface area (Å²) < 4.78 is 5.22. The van der Waals surface area contributed by atoms with Crippen molar-refractivity contribution in [3.05, 3.63) is 34.3 Å². The maximum Gasteiger partial charge on any atom is 0.129 e. The van der Waals surface area contributed by atoms with Crippen LogP contribution in [-0.2, 0) is 0 Å². The van der Waals surface area contributed by atoms with Gasteiger partial charge < -0.3 is 4.74 Å². The maximum atomic E-state index is 8.74. The molecule has 1 aromatic carbocycles. The van der Waals surface area contributed by atoms with E-state index in [1.807, 2.05) is 0 Å².